The Morgan fingerprint density at radius 3 is 3.08 bits per heavy atom. The first-order valence-electron chi connectivity index (χ1n) is 8.22. The molecule has 6 heteroatoms. The Balaban J connectivity index is 1.71. The molecule has 24 heavy (non-hydrogen) atoms. The topological polar surface area (TPSA) is 53.4 Å². The van der Waals surface area contributed by atoms with E-state index in [1.165, 1.54) is 23.5 Å². The quantitative estimate of drug-likeness (QED) is 0.923. The number of carbonyl (C=O) groups is 1. The number of piperidine rings is 1. The van der Waals surface area contributed by atoms with Gasteiger partial charge in [-0.15, -0.1) is 11.3 Å². The van der Waals surface area contributed by atoms with Gasteiger partial charge in [-0.3, -0.25) is 4.79 Å². The van der Waals surface area contributed by atoms with Crippen molar-refractivity contribution >= 4 is 17.2 Å². The van der Waals surface area contributed by atoms with Crippen LogP contribution in [0.15, 0.2) is 29.6 Å². The number of nitrogens with zero attached hydrogens (tertiary/aromatic N) is 2. The SMILES string of the molecule is CC(O)C1CCCCN1C(=O)Cc1csc(-c2cccc(F)c2)n1. The smallest absolute Gasteiger partial charge is 0.228 e. The average molecular weight is 348 g/mol. The zero-order valence-corrected chi connectivity index (χ0v) is 14.4. The van der Waals surface area contributed by atoms with Crippen molar-refractivity contribution in [2.45, 2.75) is 44.8 Å². The Hall–Kier alpha value is -1.79. The molecule has 1 aliphatic rings. The predicted molar refractivity (Wildman–Crippen MR) is 92.2 cm³/mol. The van der Waals surface area contributed by atoms with Crippen molar-refractivity contribution in [3.63, 3.8) is 0 Å². The minimum atomic E-state index is -0.521. The van der Waals surface area contributed by atoms with Crippen LogP contribution in [0.3, 0.4) is 0 Å². The van der Waals surface area contributed by atoms with Crippen LogP contribution in [0.4, 0.5) is 4.39 Å². The summed E-state index contributed by atoms with van der Waals surface area (Å²) in [5, 5.41) is 12.5. The Labute approximate surface area is 145 Å². The number of amides is 1. The molecule has 1 amide bonds. The van der Waals surface area contributed by atoms with Crippen molar-refractivity contribution in [1.82, 2.24) is 9.88 Å². The highest BCUT2D eigenvalue weighted by Crippen LogP contribution is 2.26. The lowest BCUT2D eigenvalue weighted by Crippen LogP contribution is -2.49. The van der Waals surface area contributed by atoms with E-state index in [1.54, 1.807) is 17.9 Å². The maximum atomic E-state index is 13.3. The maximum absolute atomic E-state index is 13.3. The number of benzene rings is 1. The lowest BCUT2D eigenvalue weighted by atomic mass is 9.97. The Kier molecular flexibility index (Phi) is 5.26. The molecule has 1 fully saturated rings. The van der Waals surface area contributed by atoms with Crippen LogP contribution in [0, 0.1) is 5.82 Å². The van der Waals surface area contributed by atoms with Gasteiger partial charge in [-0.25, -0.2) is 9.37 Å². The third-order valence-corrected chi connectivity index (χ3v) is 5.32. The zero-order valence-electron chi connectivity index (χ0n) is 13.6. The Bertz CT molecular complexity index is 717. The minimum Gasteiger partial charge on any atom is -0.391 e. The van der Waals surface area contributed by atoms with Gasteiger partial charge in [-0.2, -0.15) is 0 Å². The number of rotatable bonds is 4. The molecule has 3 rings (SSSR count). The van der Waals surface area contributed by atoms with Gasteiger partial charge in [0.05, 0.1) is 24.3 Å². The second-order valence-corrected chi connectivity index (χ2v) is 7.08. The molecule has 0 saturated carbocycles. The average Bonchev–Trinajstić information content (AvgIpc) is 3.03. The summed E-state index contributed by atoms with van der Waals surface area (Å²) in [6.07, 6.45) is 2.55. The summed E-state index contributed by atoms with van der Waals surface area (Å²) in [7, 11) is 0. The number of aromatic nitrogens is 1. The number of halogens is 1. The van der Waals surface area contributed by atoms with Crippen LogP contribution in [0.25, 0.3) is 10.6 Å². The fraction of sp³-hybridized carbons (Fsp3) is 0.444. The van der Waals surface area contributed by atoms with E-state index in [2.05, 4.69) is 4.98 Å². The number of aliphatic hydroxyl groups is 1. The third kappa shape index (κ3) is 3.82. The van der Waals surface area contributed by atoms with Crippen molar-refractivity contribution in [2.24, 2.45) is 0 Å². The van der Waals surface area contributed by atoms with Gasteiger partial charge in [-0.1, -0.05) is 12.1 Å². The van der Waals surface area contributed by atoms with E-state index in [4.69, 9.17) is 0 Å². The predicted octanol–water partition coefficient (Wildman–Crippen LogP) is 3.25. The van der Waals surface area contributed by atoms with Gasteiger partial charge in [0.15, 0.2) is 0 Å². The molecule has 1 N–H and O–H groups in total. The number of likely N-dealkylation sites (tertiary alicyclic amines) is 1. The van der Waals surface area contributed by atoms with Crippen molar-refractivity contribution in [2.75, 3.05) is 6.54 Å². The number of aliphatic hydroxyl groups excluding tert-OH is 1. The van der Waals surface area contributed by atoms with E-state index in [0.717, 1.165) is 24.8 Å². The van der Waals surface area contributed by atoms with Gasteiger partial charge in [0.2, 0.25) is 5.91 Å². The molecule has 0 bridgehead atoms. The molecule has 2 heterocycles. The fourth-order valence-electron chi connectivity index (χ4n) is 3.17. The Morgan fingerprint density at radius 1 is 1.50 bits per heavy atom. The maximum Gasteiger partial charge on any atom is 0.228 e. The summed E-state index contributed by atoms with van der Waals surface area (Å²) in [5.41, 5.74) is 1.41. The van der Waals surface area contributed by atoms with E-state index in [0.29, 0.717) is 17.2 Å². The molecule has 0 spiro atoms. The number of carbonyl (C=O) groups excluding carboxylic acids is 1. The molecule has 1 saturated heterocycles. The normalized spacial score (nSPS) is 19.3. The van der Waals surface area contributed by atoms with E-state index in [1.807, 2.05) is 11.4 Å². The summed E-state index contributed by atoms with van der Waals surface area (Å²) in [5.74, 6) is -0.301. The highest BCUT2D eigenvalue weighted by Gasteiger charge is 2.30. The van der Waals surface area contributed by atoms with Gasteiger partial charge >= 0.3 is 0 Å². The van der Waals surface area contributed by atoms with Gasteiger partial charge < -0.3 is 10.0 Å². The lowest BCUT2D eigenvalue weighted by Gasteiger charge is -2.37. The van der Waals surface area contributed by atoms with Crippen LogP contribution >= 0.6 is 11.3 Å². The first kappa shape index (κ1) is 17.0. The molecule has 1 aliphatic heterocycles. The second kappa shape index (κ2) is 7.40. The van der Waals surface area contributed by atoms with Gasteiger partial charge in [0, 0.05) is 17.5 Å². The van der Waals surface area contributed by atoms with Gasteiger partial charge in [0.25, 0.3) is 0 Å². The molecule has 0 aliphatic carbocycles. The molecule has 4 nitrogen and oxygen atoms in total. The first-order valence-corrected chi connectivity index (χ1v) is 9.10. The second-order valence-electron chi connectivity index (χ2n) is 6.22. The van der Waals surface area contributed by atoms with Crippen molar-refractivity contribution in [1.29, 1.82) is 0 Å². The molecule has 1 aromatic carbocycles. The molecule has 128 valence electrons. The molecule has 2 atom stereocenters. The van der Waals surface area contributed by atoms with Gasteiger partial charge in [-0.05, 0) is 38.3 Å². The molecule has 2 unspecified atom stereocenters. The van der Waals surface area contributed by atoms with E-state index in [9.17, 15) is 14.3 Å². The van der Waals surface area contributed by atoms with Crippen LogP contribution in [0.2, 0.25) is 0 Å². The monoisotopic (exact) mass is 348 g/mol. The zero-order chi connectivity index (χ0) is 17.1. The molecule has 2 aromatic rings. The van der Waals surface area contributed by atoms with Gasteiger partial charge in [0.1, 0.15) is 10.8 Å². The molecular weight excluding hydrogens is 327 g/mol. The molecular formula is C18H21FN2O2S. The largest absolute Gasteiger partial charge is 0.391 e. The van der Waals surface area contributed by atoms with Crippen LogP contribution in [-0.4, -0.2) is 39.6 Å². The van der Waals surface area contributed by atoms with Crippen LogP contribution < -0.4 is 0 Å². The summed E-state index contributed by atoms with van der Waals surface area (Å²) in [6.45, 7) is 2.43. The van der Waals surface area contributed by atoms with Crippen LogP contribution in [0.5, 0.6) is 0 Å². The van der Waals surface area contributed by atoms with Crippen molar-refractivity contribution in [3.8, 4) is 10.6 Å². The highest BCUT2D eigenvalue weighted by molar-refractivity contribution is 7.13. The summed E-state index contributed by atoms with van der Waals surface area (Å²) in [6, 6.07) is 6.19. The number of hydrogen-bond acceptors (Lipinski definition) is 4. The lowest BCUT2D eigenvalue weighted by molar-refractivity contribution is -0.137. The van der Waals surface area contributed by atoms with Crippen LogP contribution in [0.1, 0.15) is 31.9 Å². The standard InChI is InChI=1S/C18H21FN2O2S/c1-12(22)16-7-2-3-8-21(16)17(23)10-15-11-24-18(20-15)13-5-4-6-14(19)9-13/h4-6,9,11-12,16,22H,2-3,7-8,10H2,1H3. The molecule has 0 radical (unpaired) electrons. The third-order valence-electron chi connectivity index (χ3n) is 4.38. The first-order chi connectivity index (χ1) is 11.5. The molecule has 1 aromatic heterocycles. The number of thiazole rings is 1. The van der Waals surface area contributed by atoms with E-state index >= 15 is 0 Å². The summed E-state index contributed by atoms with van der Waals surface area (Å²) >= 11 is 1.41. The highest BCUT2D eigenvalue weighted by atomic mass is 32.1. The Morgan fingerprint density at radius 2 is 2.33 bits per heavy atom. The summed E-state index contributed by atoms with van der Waals surface area (Å²) in [4.78, 5) is 18.9. The van der Waals surface area contributed by atoms with Crippen LogP contribution in [-0.2, 0) is 11.2 Å². The van der Waals surface area contributed by atoms with Crippen molar-refractivity contribution < 1.29 is 14.3 Å². The van der Waals surface area contributed by atoms with Crippen molar-refractivity contribution in [3.05, 3.63) is 41.2 Å². The van der Waals surface area contributed by atoms with E-state index in [-0.39, 0.29) is 24.2 Å². The fourth-order valence-corrected chi connectivity index (χ4v) is 3.98. The minimum absolute atomic E-state index is 0.00306. The summed E-state index contributed by atoms with van der Waals surface area (Å²) < 4.78 is 13.3. The number of hydrogen-bond donors (Lipinski definition) is 1. The van der Waals surface area contributed by atoms with E-state index < -0.39 is 6.10 Å².